The summed E-state index contributed by atoms with van der Waals surface area (Å²) in [4.78, 5) is 8.49. The summed E-state index contributed by atoms with van der Waals surface area (Å²) >= 11 is 5.95. The molecule has 0 spiro atoms. The minimum absolute atomic E-state index is 0.0605. The molecule has 0 fully saturated rings. The van der Waals surface area contributed by atoms with E-state index in [-0.39, 0.29) is 5.75 Å². The molecule has 2 aromatic rings. The highest BCUT2D eigenvalue weighted by Gasteiger charge is 2.09. The van der Waals surface area contributed by atoms with Crippen molar-refractivity contribution in [2.45, 2.75) is 6.61 Å². The van der Waals surface area contributed by atoms with Crippen LogP contribution in [0.2, 0.25) is 5.15 Å². The Morgan fingerprint density at radius 3 is 2.68 bits per heavy atom. The zero-order chi connectivity index (χ0) is 13.8. The van der Waals surface area contributed by atoms with Gasteiger partial charge >= 0.3 is 0 Å². The molecule has 6 heteroatoms. The number of halogens is 1. The minimum atomic E-state index is 0.0605. The highest BCUT2D eigenvalue weighted by atomic mass is 35.5. The topological polar surface area (TPSA) is 64.5 Å². The van der Waals surface area contributed by atoms with E-state index in [0.29, 0.717) is 34.6 Å². The van der Waals surface area contributed by atoms with Gasteiger partial charge in [0.2, 0.25) is 0 Å². The summed E-state index contributed by atoms with van der Waals surface area (Å²) in [5.74, 6) is 0.873. The first kappa shape index (κ1) is 13.6. The highest BCUT2D eigenvalue weighted by Crippen LogP contribution is 2.30. The molecule has 1 aromatic heterocycles. The van der Waals surface area contributed by atoms with Gasteiger partial charge in [0.05, 0.1) is 19.4 Å². The molecule has 0 saturated carbocycles. The number of aromatic nitrogens is 2. The van der Waals surface area contributed by atoms with Gasteiger partial charge in [0.1, 0.15) is 5.15 Å². The number of phenols is 1. The van der Waals surface area contributed by atoms with Crippen molar-refractivity contribution in [3.8, 4) is 22.9 Å². The van der Waals surface area contributed by atoms with Crippen LogP contribution in [0.5, 0.6) is 11.5 Å². The van der Waals surface area contributed by atoms with Crippen LogP contribution in [-0.4, -0.2) is 29.3 Å². The lowest BCUT2D eigenvalue weighted by molar-refractivity contribution is 0.181. The van der Waals surface area contributed by atoms with E-state index >= 15 is 0 Å². The second-order valence-electron chi connectivity index (χ2n) is 3.83. The van der Waals surface area contributed by atoms with E-state index in [9.17, 15) is 5.11 Å². The molecule has 1 heterocycles. The van der Waals surface area contributed by atoms with Crippen LogP contribution in [-0.2, 0) is 11.3 Å². The van der Waals surface area contributed by atoms with Crippen molar-refractivity contribution in [2.75, 3.05) is 14.2 Å². The van der Waals surface area contributed by atoms with Gasteiger partial charge in [0.15, 0.2) is 17.3 Å². The van der Waals surface area contributed by atoms with Gasteiger partial charge in [-0.3, -0.25) is 0 Å². The van der Waals surface area contributed by atoms with E-state index in [2.05, 4.69) is 9.97 Å². The molecular formula is C13H13ClN2O3. The molecule has 5 nitrogen and oxygen atoms in total. The number of benzene rings is 1. The predicted molar refractivity (Wildman–Crippen MR) is 71.4 cm³/mol. The predicted octanol–water partition coefficient (Wildman–Crippen LogP) is 2.66. The number of rotatable bonds is 4. The van der Waals surface area contributed by atoms with Crippen molar-refractivity contribution in [3.63, 3.8) is 0 Å². The summed E-state index contributed by atoms with van der Waals surface area (Å²) in [5, 5.41) is 9.90. The lowest BCUT2D eigenvalue weighted by Crippen LogP contribution is -1.98. The monoisotopic (exact) mass is 280 g/mol. The summed E-state index contributed by atoms with van der Waals surface area (Å²) in [5.41, 5.74) is 1.39. The second-order valence-corrected chi connectivity index (χ2v) is 4.21. The number of nitrogens with zero attached hydrogens (tertiary/aromatic N) is 2. The maximum atomic E-state index is 9.56. The molecule has 0 bridgehead atoms. The maximum absolute atomic E-state index is 9.56. The Bertz CT molecular complexity index is 590. The molecule has 2 rings (SSSR count). The molecular weight excluding hydrogens is 268 g/mol. The Morgan fingerprint density at radius 1 is 1.21 bits per heavy atom. The molecule has 1 N–H and O–H groups in total. The third-order valence-electron chi connectivity index (χ3n) is 2.48. The minimum Gasteiger partial charge on any atom is -0.504 e. The average Bonchev–Trinajstić information content (AvgIpc) is 2.39. The summed E-state index contributed by atoms with van der Waals surface area (Å²) in [6.07, 6.45) is 0. The van der Waals surface area contributed by atoms with Crippen molar-refractivity contribution < 1.29 is 14.6 Å². The van der Waals surface area contributed by atoms with Gasteiger partial charge in [-0.25, -0.2) is 9.97 Å². The van der Waals surface area contributed by atoms with Crippen LogP contribution in [0.3, 0.4) is 0 Å². The van der Waals surface area contributed by atoms with Crippen molar-refractivity contribution in [2.24, 2.45) is 0 Å². The highest BCUT2D eigenvalue weighted by molar-refractivity contribution is 6.29. The molecule has 0 saturated heterocycles. The van der Waals surface area contributed by atoms with E-state index in [1.807, 2.05) is 0 Å². The van der Waals surface area contributed by atoms with Crippen molar-refractivity contribution in [3.05, 3.63) is 35.1 Å². The molecule has 0 radical (unpaired) electrons. The fourth-order valence-corrected chi connectivity index (χ4v) is 1.84. The fraction of sp³-hybridized carbons (Fsp3) is 0.231. The van der Waals surface area contributed by atoms with Crippen molar-refractivity contribution in [1.82, 2.24) is 9.97 Å². The Labute approximate surface area is 115 Å². The number of hydrogen-bond acceptors (Lipinski definition) is 5. The molecule has 0 unspecified atom stereocenters. The van der Waals surface area contributed by atoms with Gasteiger partial charge in [-0.05, 0) is 24.3 Å². The largest absolute Gasteiger partial charge is 0.504 e. The standard InChI is InChI=1S/C13H13ClN2O3/c1-18-7-9-6-12(14)16-13(15-9)8-3-4-10(17)11(5-8)19-2/h3-6,17H,7H2,1-2H3. The van der Waals surface area contributed by atoms with Crippen LogP contribution in [0.15, 0.2) is 24.3 Å². The third-order valence-corrected chi connectivity index (χ3v) is 2.67. The SMILES string of the molecule is COCc1cc(Cl)nc(-c2ccc(O)c(OC)c2)n1. The summed E-state index contributed by atoms with van der Waals surface area (Å²) in [7, 11) is 3.06. The van der Waals surface area contributed by atoms with Gasteiger partial charge in [-0.2, -0.15) is 0 Å². The Balaban J connectivity index is 2.46. The Hall–Kier alpha value is -1.85. The van der Waals surface area contributed by atoms with E-state index in [4.69, 9.17) is 21.1 Å². The van der Waals surface area contributed by atoms with E-state index in [1.54, 1.807) is 25.3 Å². The van der Waals surface area contributed by atoms with Crippen molar-refractivity contribution in [1.29, 1.82) is 0 Å². The fourth-order valence-electron chi connectivity index (χ4n) is 1.63. The maximum Gasteiger partial charge on any atom is 0.161 e. The molecule has 19 heavy (non-hydrogen) atoms. The zero-order valence-corrected chi connectivity index (χ0v) is 11.3. The number of methoxy groups -OCH3 is 2. The van der Waals surface area contributed by atoms with Gasteiger partial charge < -0.3 is 14.6 Å². The average molecular weight is 281 g/mol. The Morgan fingerprint density at radius 2 is 2.00 bits per heavy atom. The normalized spacial score (nSPS) is 10.5. The third kappa shape index (κ3) is 3.13. The summed E-state index contributed by atoms with van der Waals surface area (Å²) < 4.78 is 10.1. The molecule has 100 valence electrons. The van der Waals surface area contributed by atoms with Crippen LogP contribution in [0.4, 0.5) is 0 Å². The van der Waals surface area contributed by atoms with Gasteiger partial charge in [-0.15, -0.1) is 0 Å². The van der Waals surface area contributed by atoms with Crippen LogP contribution in [0.1, 0.15) is 5.69 Å². The van der Waals surface area contributed by atoms with E-state index in [1.165, 1.54) is 13.2 Å². The first-order chi connectivity index (χ1) is 9.13. The van der Waals surface area contributed by atoms with Gasteiger partial charge in [0.25, 0.3) is 0 Å². The number of aromatic hydroxyl groups is 1. The molecule has 0 amide bonds. The lowest BCUT2D eigenvalue weighted by atomic mass is 10.2. The van der Waals surface area contributed by atoms with Gasteiger partial charge in [-0.1, -0.05) is 11.6 Å². The smallest absolute Gasteiger partial charge is 0.161 e. The summed E-state index contributed by atoms with van der Waals surface area (Å²) in [6.45, 7) is 0.352. The van der Waals surface area contributed by atoms with Crippen LogP contribution < -0.4 is 4.74 Å². The molecule has 0 atom stereocenters. The quantitative estimate of drug-likeness (QED) is 0.872. The number of ether oxygens (including phenoxy) is 2. The molecule has 1 aromatic carbocycles. The van der Waals surface area contributed by atoms with E-state index in [0.717, 1.165) is 0 Å². The summed E-state index contributed by atoms with van der Waals surface area (Å²) in [6, 6.07) is 6.51. The first-order valence-corrected chi connectivity index (χ1v) is 5.91. The first-order valence-electron chi connectivity index (χ1n) is 5.54. The molecule has 0 aliphatic heterocycles. The molecule has 0 aliphatic rings. The van der Waals surface area contributed by atoms with Crippen LogP contribution in [0.25, 0.3) is 11.4 Å². The van der Waals surface area contributed by atoms with Crippen LogP contribution in [0, 0.1) is 0 Å². The number of hydrogen-bond donors (Lipinski definition) is 1. The number of phenolic OH excluding ortho intramolecular Hbond substituents is 1. The lowest BCUT2D eigenvalue weighted by Gasteiger charge is -2.07. The molecule has 0 aliphatic carbocycles. The zero-order valence-electron chi connectivity index (χ0n) is 10.6. The Kier molecular flexibility index (Phi) is 4.19. The second kappa shape index (κ2) is 5.86. The van der Waals surface area contributed by atoms with E-state index < -0.39 is 0 Å². The van der Waals surface area contributed by atoms with Crippen LogP contribution >= 0.6 is 11.6 Å². The van der Waals surface area contributed by atoms with Gasteiger partial charge in [0, 0.05) is 12.7 Å². The van der Waals surface area contributed by atoms with Crippen molar-refractivity contribution >= 4 is 11.6 Å².